The van der Waals surface area contributed by atoms with Crippen molar-refractivity contribution in [3.05, 3.63) is 60.7 Å². The van der Waals surface area contributed by atoms with E-state index in [-0.39, 0.29) is 0 Å². The molecule has 4 heteroatoms. The second-order valence-electron chi connectivity index (χ2n) is 4.63. The maximum Gasteiger partial charge on any atom is 0.236 e. The van der Waals surface area contributed by atoms with E-state index in [4.69, 9.17) is 0 Å². The van der Waals surface area contributed by atoms with Crippen LogP contribution >= 0.6 is 0 Å². The molecule has 2 aromatic rings. The van der Waals surface area contributed by atoms with Crippen LogP contribution in [-0.2, 0) is 10.0 Å². The van der Waals surface area contributed by atoms with Gasteiger partial charge in [0.05, 0.1) is 17.6 Å². The zero-order valence-corrected chi connectivity index (χ0v) is 11.4. The van der Waals surface area contributed by atoms with Crippen LogP contribution in [-0.4, -0.2) is 19.0 Å². The largest absolute Gasteiger partial charge is 0.239 e. The van der Waals surface area contributed by atoms with Gasteiger partial charge in [0.15, 0.2) is 0 Å². The summed E-state index contributed by atoms with van der Waals surface area (Å²) in [4.78, 5) is 0. The molecule has 96 valence electrons. The first-order chi connectivity index (χ1) is 8.91. The Morgan fingerprint density at radius 1 is 0.947 bits per heavy atom. The van der Waals surface area contributed by atoms with Gasteiger partial charge in [-0.3, -0.25) is 0 Å². The second kappa shape index (κ2) is 3.71. The highest BCUT2D eigenvalue weighted by Gasteiger charge is 2.30. The van der Waals surface area contributed by atoms with E-state index in [2.05, 4.69) is 13.2 Å². The third kappa shape index (κ3) is 1.60. The lowest BCUT2D eigenvalue weighted by molar-refractivity contribution is 0.569. The summed E-state index contributed by atoms with van der Waals surface area (Å²) in [5.74, 6) is 0. The topological polar surface area (TPSA) is 37.4 Å². The van der Waals surface area contributed by atoms with Crippen LogP contribution in [0.1, 0.15) is 11.1 Å². The van der Waals surface area contributed by atoms with Gasteiger partial charge in [0.1, 0.15) is 0 Å². The fourth-order valence-corrected chi connectivity index (χ4v) is 3.60. The maximum atomic E-state index is 11.9. The molecule has 0 amide bonds. The summed E-state index contributed by atoms with van der Waals surface area (Å²) in [6.45, 7) is 7.84. The van der Waals surface area contributed by atoms with Crippen molar-refractivity contribution in [3.63, 3.8) is 0 Å². The van der Waals surface area contributed by atoms with Crippen LogP contribution in [0.5, 0.6) is 0 Å². The van der Waals surface area contributed by atoms with E-state index in [1.807, 2.05) is 36.4 Å². The average Bonchev–Trinajstić information content (AvgIpc) is 2.34. The van der Waals surface area contributed by atoms with E-state index in [1.165, 1.54) is 4.31 Å². The van der Waals surface area contributed by atoms with Gasteiger partial charge in [-0.05, 0) is 5.39 Å². The third-order valence-corrected chi connectivity index (χ3v) is 4.45. The molecule has 0 aliphatic carbocycles. The Morgan fingerprint density at radius 2 is 1.42 bits per heavy atom. The van der Waals surface area contributed by atoms with E-state index >= 15 is 0 Å². The number of sulfonamides is 1. The molecule has 0 atom stereocenters. The summed E-state index contributed by atoms with van der Waals surface area (Å²) in [6, 6.07) is 11.6. The number of nitrogens with zero attached hydrogens (tertiary/aromatic N) is 1. The maximum absolute atomic E-state index is 11.9. The zero-order chi connectivity index (χ0) is 13.8. The Morgan fingerprint density at radius 3 is 1.84 bits per heavy atom. The van der Waals surface area contributed by atoms with Crippen LogP contribution in [0, 0.1) is 0 Å². The Labute approximate surface area is 112 Å². The number of hydrogen-bond acceptors (Lipinski definition) is 2. The molecule has 0 unspecified atom stereocenters. The molecule has 0 N–H and O–H groups in total. The van der Waals surface area contributed by atoms with Crippen LogP contribution in [0.2, 0.25) is 0 Å². The van der Waals surface area contributed by atoms with Crippen molar-refractivity contribution in [2.45, 2.75) is 0 Å². The molecule has 0 radical (unpaired) electrons. The van der Waals surface area contributed by atoms with Gasteiger partial charge >= 0.3 is 0 Å². The highest BCUT2D eigenvalue weighted by molar-refractivity contribution is 7.89. The van der Waals surface area contributed by atoms with Crippen LogP contribution in [0.25, 0.3) is 22.2 Å². The SMILES string of the molecule is C=C1c2cccc3cccc(c23)C(=C)N1S(C)(=O)=O. The molecule has 0 spiro atoms. The Hall–Kier alpha value is -2.07. The van der Waals surface area contributed by atoms with Crippen molar-refractivity contribution in [2.24, 2.45) is 0 Å². The Kier molecular flexibility index (Phi) is 2.34. The summed E-state index contributed by atoms with van der Waals surface area (Å²) in [6.07, 6.45) is 1.16. The quantitative estimate of drug-likeness (QED) is 0.799. The van der Waals surface area contributed by atoms with Crippen molar-refractivity contribution in [1.29, 1.82) is 0 Å². The van der Waals surface area contributed by atoms with Gasteiger partial charge in [0.2, 0.25) is 10.0 Å². The van der Waals surface area contributed by atoms with Crippen LogP contribution in [0.4, 0.5) is 0 Å². The minimum atomic E-state index is -3.43. The molecule has 19 heavy (non-hydrogen) atoms. The molecule has 3 nitrogen and oxygen atoms in total. The van der Waals surface area contributed by atoms with Crippen LogP contribution in [0.15, 0.2) is 49.6 Å². The molecular formula is C15H13NO2S. The van der Waals surface area contributed by atoms with Crippen molar-refractivity contribution in [2.75, 3.05) is 6.26 Å². The van der Waals surface area contributed by atoms with Crippen molar-refractivity contribution >= 4 is 32.2 Å². The third-order valence-electron chi connectivity index (χ3n) is 3.35. The van der Waals surface area contributed by atoms with Crippen LogP contribution in [0.3, 0.4) is 0 Å². The molecule has 0 fully saturated rings. The fraction of sp³-hybridized carbons (Fsp3) is 0.0667. The van der Waals surface area contributed by atoms with Crippen molar-refractivity contribution in [3.8, 4) is 0 Å². The predicted molar refractivity (Wildman–Crippen MR) is 78.7 cm³/mol. The highest BCUT2D eigenvalue weighted by atomic mass is 32.2. The van der Waals surface area contributed by atoms with Gasteiger partial charge in [-0.25, -0.2) is 12.7 Å². The van der Waals surface area contributed by atoms with Gasteiger partial charge in [0.25, 0.3) is 0 Å². The first-order valence-corrected chi connectivity index (χ1v) is 7.66. The van der Waals surface area contributed by atoms with Gasteiger partial charge in [-0.1, -0.05) is 49.6 Å². The monoisotopic (exact) mass is 271 g/mol. The average molecular weight is 271 g/mol. The molecule has 3 rings (SSSR count). The first-order valence-electron chi connectivity index (χ1n) is 5.82. The van der Waals surface area contributed by atoms with E-state index in [0.29, 0.717) is 11.4 Å². The van der Waals surface area contributed by atoms with Gasteiger partial charge in [-0.2, -0.15) is 0 Å². The summed E-state index contributed by atoms with van der Waals surface area (Å²) in [5.41, 5.74) is 2.59. The van der Waals surface area contributed by atoms with Gasteiger partial charge < -0.3 is 0 Å². The number of benzene rings is 2. The molecule has 0 saturated carbocycles. The van der Waals surface area contributed by atoms with Crippen LogP contribution < -0.4 is 0 Å². The lowest BCUT2D eigenvalue weighted by Gasteiger charge is -2.32. The molecule has 2 aromatic carbocycles. The molecule has 1 aliphatic heterocycles. The number of rotatable bonds is 1. The first kappa shape index (κ1) is 12.0. The van der Waals surface area contributed by atoms with E-state index in [1.54, 1.807) is 0 Å². The smallest absolute Gasteiger partial charge is 0.236 e. The molecule has 1 heterocycles. The summed E-state index contributed by atoms with van der Waals surface area (Å²) in [5, 5.41) is 2.07. The summed E-state index contributed by atoms with van der Waals surface area (Å²) < 4.78 is 25.1. The fourth-order valence-electron chi connectivity index (χ4n) is 2.60. The Balaban J connectivity index is 2.44. The Bertz CT molecular complexity index is 784. The van der Waals surface area contributed by atoms with Crippen molar-refractivity contribution < 1.29 is 8.42 Å². The minimum Gasteiger partial charge on any atom is -0.239 e. The van der Waals surface area contributed by atoms with Gasteiger partial charge in [0, 0.05) is 16.5 Å². The van der Waals surface area contributed by atoms with E-state index < -0.39 is 10.0 Å². The zero-order valence-electron chi connectivity index (χ0n) is 10.6. The summed E-state index contributed by atoms with van der Waals surface area (Å²) >= 11 is 0. The summed E-state index contributed by atoms with van der Waals surface area (Å²) in [7, 11) is -3.43. The van der Waals surface area contributed by atoms with E-state index in [0.717, 1.165) is 28.2 Å². The highest BCUT2D eigenvalue weighted by Crippen LogP contribution is 2.41. The number of hydrogen-bond donors (Lipinski definition) is 0. The predicted octanol–water partition coefficient (Wildman–Crippen LogP) is 3.06. The van der Waals surface area contributed by atoms with Gasteiger partial charge in [-0.15, -0.1) is 0 Å². The molecule has 0 aromatic heterocycles. The second-order valence-corrected chi connectivity index (χ2v) is 6.46. The van der Waals surface area contributed by atoms with Crippen molar-refractivity contribution in [1.82, 2.24) is 4.31 Å². The van der Waals surface area contributed by atoms with E-state index in [9.17, 15) is 8.42 Å². The molecular weight excluding hydrogens is 258 g/mol. The standard InChI is InChI=1S/C15H13NO2S/c1-10-13-8-4-6-12-7-5-9-14(15(12)13)11(2)16(10)19(3,17)18/h4-9H,1-2H2,3H3. The molecule has 0 saturated heterocycles. The lowest BCUT2D eigenvalue weighted by Crippen LogP contribution is -2.29. The normalized spacial score (nSPS) is 15.1. The minimum absolute atomic E-state index is 0.455. The molecule has 1 aliphatic rings. The lowest BCUT2D eigenvalue weighted by atomic mass is 9.93. The molecule has 0 bridgehead atoms.